The van der Waals surface area contributed by atoms with E-state index in [1.807, 2.05) is 12.3 Å². The van der Waals surface area contributed by atoms with Crippen molar-refractivity contribution in [3.8, 4) is 0 Å². The molecule has 1 heterocycles. The normalized spacial score (nSPS) is 9.44. The summed E-state index contributed by atoms with van der Waals surface area (Å²) in [5, 5.41) is 0. The van der Waals surface area contributed by atoms with E-state index in [1.165, 1.54) is 10.1 Å². The van der Waals surface area contributed by atoms with Crippen molar-refractivity contribution >= 4 is 6.41 Å². The molecular formula is C7H9NO. The maximum atomic E-state index is 10.1. The lowest BCUT2D eigenvalue weighted by molar-refractivity contribution is 0.547. The highest BCUT2D eigenvalue weighted by Crippen LogP contribution is 1.98. The van der Waals surface area contributed by atoms with Crippen molar-refractivity contribution in [2.24, 2.45) is 0 Å². The molecule has 2 heteroatoms. The zero-order valence-electron chi connectivity index (χ0n) is 5.37. The Bertz CT molecular complexity index is 202. The van der Waals surface area contributed by atoms with E-state index >= 15 is 0 Å². The van der Waals surface area contributed by atoms with Crippen LogP contribution in [-0.2, 0) is 11.2 Å². The highest BCUT2D eigenvalue weighted by Gasteiger charge is 1.89. The van der Waals surface area contributed by atoms with Crippen LogP contribution in [0.15, 0.2) is 18.5 Å². The van der Waals surface area contributed by atoms with E-state index < -0.39 is 0 Å². The molecule has 0 aliphatic carbocycles. The molecule has 0 aliphatic rings. The monoisotopic (exact) mass is 123 g/mol. The highest BCUT2D eigenvalue weighted by molar-refractivity contribution is 5.52. The van der Waals surface area contributed by atoms with Gasteiger partial charge in [-0.3, -0.25) is 9.36 Å². The molecule has 1 aromatic rings. The second kappa shape index (κ2) is 2.49. The van der Waals surface area contributed by atoms with Gasteiger partial charge in [-0.25, -0.2) is 0 Å². The lowest BCUT2D eigenvalue weighted by Crippen LogP contribution is -1.87. The van der Waals surface area contributed by atoms with Gasteiger partial charge < -0.3 is 0 Å². The minimum Gasteiger partial charge on any atom is -0.297 e. The number of hydrogen-bond donors (Lipinski definition) is 0. The van der Waals surface area contributed by atoms with Gasteiger partial charge in [0.15, 0.2) is 0 Å². The molecule has 0 saturated heterocycles. The fraction of sp³-hybridized carbons (Fsp3) is 0.286. The average molecular weight is 123 g/mol. The number of rotatable bonds is 2. The summed E-state index contributed by atoms with van der Waals surface area (Å²) in [6.07, 6.45) is 5.36. The lowest BCUT2D eigenvalue weighted by atomic mass is 10.3. The summed E-state index contributed by atoms with van der Waals surface area (Å²) >= 11 is 0. The van der Waals surface area contributed by atoms with Crippen LogP contribution in [0.25, 0.3) is 0 Å². The van der Waals surface area contributed by atoms with E-state index in [4.69, 9.17) is 0 Å². The largest absolute Gasteiger partial charge is 0.297 e. The van der Waals surface area contributed by atoms with Crippen molar-refractivity contribution in [1.29, 1.82) is 0 Å². The Hall–Kier alpha value is -1.05. The zero-order valence-corrected chi connectivity index (χ0v) is 5.37. The Morgan fingerprint density at radius 2 is 2.56 bits per heavy atom. The topological polar surface area (TPSA) is 22.0 Å². The first-order valence-electron chi connectivity index (χ1n) is 2.98. The first kappa shape index (κ1) is 6.08. The molecule has 0 unspecified atom stereocenters. The van der Waals surface area contributed by atoms with E-state index in [9.17, 15) is 4.79 Å². The third kappa shape index (κ3) is 1.19. The van der Waals surface area contributed by atoms with Crippen LogP contribution in [0.5, 0.6) is 0 Å². The smallest absolute Gasteiger partial charge is 0.217 e. The predicted octanol–water partition coefficient (Wildman–Crippen LogP) is 1.09. The van der Waals surface area contributed by atoms with Gasteiger partial charge in [-0.2, -0.15) is 0 Å². The Balaban J connectivity index is 2.86. The molecule has 48 valence electrons. The molecule has 0 spiro atoms. The molecule has 0 N–H and O–H groups in total. The summed E-state index contributed by atoms with van der Waals surface area (Å²) in [4.78, 5) is 10.1. The summed E-state index contributed by atoms with van der Waals surface area (Å²) in [5.41, 5.74) is 1.20. The Morgan fingerprint density at radius 1 is 1.78 bits per heavy atom. The molecule has 1 rings (SSSR count). The Kier molecular flexibility index (Phi) is 1.68. The van der Waals surface area contributed by atoms with E-state index in [1.54, 1.807) is 6.20 Å². The van der Waals surface area contributed by atoms with Crippen molar-refractivity contribution in [2.75, 3.05) is 0 Å². The van der Waals surface area contributed by atoms with E-state index in [-0.39, 0.29) is 0 Å². The summed E-state index contributed by atoms with van der Waals surface area (Å²) in [5.74, 6) is 0. The summed E-state index contributed by atoms with van der Waals surface area (Å²) < 4.78 is 1.51. The summed E-state index contributed by atoms with van der Waals surface area (Å²) in [6.45, 7) is 2.06. The van der Waals surface area contributed by atoms with Gasteiger partial charge in [-0.1, -0.05) is 6.92 Å². The summed E-state index contributed by atoms with van der Waals surface area (Å²) in [7, 11) is 0. The minimum absolute atomic E-state index is 0.791. The number of aromatic nitrogens is 1. The molecule has 2 nitrogen and oxygen atoms in total. The highest BCUT2D eigenvalue weighted by atomic mass is 16.1. The number of carbonyl (C=O) groups is 1. The molecule has 0 atom stereocenters. The van der Waals surface area contributed by atoms with Gasteiger partial charge in [0, 0.05) is 12.4 Å². The van der Waals surface area contributed by atoms with Gasteiger partial charge in [0.1, 0.15) is 0 Å². The maximum absolute atomic E-state index is 10.1. The molecule has 0 radical (unpaired) electrons. The number of aryl methyl sites for hydroxylation is 1. The number of hydrogen-bond acceptors (Lipinski definition) is 1. The molecule has 1 aromatic heterocycles. The molecule has 0 aliphatic heterocycles. The lowest BCUT2D eigenvalue weighted by Gasteiger charge is -1.83. The van der Waals surface area contributed by atoms with Crippen LogP contribution in [0.3, 0.4) is 0 Å². The van der Waals surface area contributed by atoms with E-state index in [2.05, 4.69) is 6.92 Å². The second-order valence-electron chi connectivity index (χ2n) is 1.93. The minimum atomic E-state index is 0.791. The van der Waals surface area contributed by atoms with Crippen molar-refractivity contribution in [1.82, 2.24) is 4.57 Å². The van der Waals surface area contributed by atoms with Crippen LogP contribution >= 0.6 is 0 Å². The van der Waals surface area contributed by atoms with Crippen molar-refractivity contribution < 1.29 is 4.79 Å². The fourth-order valence-electron chi connectivity index (χ4n) is 0.734. The van der Waals surface area contributed by atoms with Crippen LogP contribution < -0.4 is 0 Å². The average Bonchev–Trinajstić information content (AvgIpc) is 2.34. The quantitative estimate of drug-likeness (QED) is 0.539. The summed E-state index contributed by atoms with van der Waals surface area (Å²) in [6, 6.07) is 1.94. The van der Waals surface area contributed by atoms with Crippen LogP contribution in [0.1, 0.15) is 12.5 Å². The Morgan fingerprint density at radius 3 is 2.89 bits per heavy atom. The first-order valence-corrected chi connectivity index (χ1v) is 2.98. The third-order valence-electron chi connectivity index (χ3n) is 1.31. The predicted molar refractivity (Wildman–Crippen MR) is 36.0 cm³/mol. The van der Waals surface area contributed by atoms with Crippen LogP contribution in [0.4, 0.5) is 0 Å². The Labute approximate surface area is 54.1 Å². The van der Waals surface area contributed by atoms with Crippen LogP contribution in [0, 0.1) is 0 Å². The molecule has 0 amide bonds. The van der Waals surface area contributed by atoms with Gasteiger partial charge in [0.05, 0.1) is 0 Å². The van der Waals surface area contributed by atoms with Gasteiger partial charge in [-0.15, -0.1) is 0 Å². The molecule has 0 aromatic carbocycles. The van der Waals surface area contributed by atoms with E-state index in [0.717, 1.165) is 12.8 Å². The molecule has 0 bridgehead atoms. The number of nitrogens with zero attached hydrogens (tertiary/aromatic N) is 1. The molecule has 9 heavy (non-hydrogen) atoms. The van der Waals surface area contributed by atoms with Gasteiger partial charge in [0.2, 0.25) is 6.41 Å². The third-order valence-corrected chi connectivity index (χ3v) is 1.31. The standard InChI is InChI=1S/C7H9NO/c1-2-7-3-4-8(5-7)6-9/h3-6H,2H2,1H3. The maximum Gasteiger partial charge on any atom is 0.217 e. The van der Waals surface area contributed by atoms with Gasteiger partial charge in [-0.05, 0) is 18.1 Å². The van der Waals surface area contributed by atoms with Gasteiger partial charge >= 0.3 is 0 Å². The zero-order chi connectivity index (χ0) is 6.69. The number of carbonyl (C=O) groups excluding carboxylic acids is 1. The van der Waals surface area contributed by atoms with E-state index in [0.29, 0.717) is 0 Å². The molecule has 0 fully saturated rings. The van der Waals surface area contributed by atoms with Crippen LogP contribution in [0.2, 0.25) is 0 Å². The van der Waals surface area contributed by atoms with Crippen molar-refractivity contribution in [2.45, 2.75) is 13.3 Å². The van der Waals surface area contributed by atoms with Gasteiger partial charge in [0.25, 0.3) is 0 Å². The first-order chi connectivity index (χ1) is 4.36. The molecular weight excluding hydrogens is 114 g/mol. The SMILES string of the molecule is CCc1ccn(C=O)c1. The fourth-order valence-corrected chi connectivity index (χ4v) is 0.734. The molecule has 0 saturated carbocycles. The van der Waals surface area contributed by atoms with Crippen molar-refractivity contribution in [3.05, 3.63) is 24.0 Å². The second-order valence-corrected chi connectivity index (χ2v) is 1.93. The van der Waals surface area contributed by atoms with Crippen molar-refractivity contribution in [3.63, 3.8) is 0 Å². The van der Waals surface area contributed by atoms with Crippen LogP contribution in [-0.4, -0.2) is 11.0 Å².